The molecule has 1 heterocycles. The van der Waals surface area contributed by atoms with Crippen molar-refractivity contribution >= 4 is 30.0 Å². The van der Waals surface area contributed by atoms with Crippen molar-refractivity contribution in [3.05, 3.63) is 29.3 Å². The number of aliphatic hydroxyl groups excluding tert-OH is 1. The molecule has 2 rings (SSSR count). The van der Waals surface area contributed by atoms with Crippen LogP contribution < -0.4 is 15.4 Å². The van der Waals surface area contributed by atoms with Gasteiger partial charge in [0.1, 0.15) is 18.6 Å². The molecule has 0 bridgehead atoms. The molecule has 12 nitrogen and oxygen atoms in total. The molecular weight excluding hydrogens is 488 g/mol. The highest BCUT2D eigenvalue weighted by atomic mass is 16.7. The van der Waals surface area contributed by atoms with Crippen LogP contribution in [0.4, 0.5) is 0 Å². The molecule has 0 aliphatic carbocycles. The molecular formula is C25H34N2O10. The number of unbranched alkanes of at least 4 members (excludes halogenated alkanes) is 1. The van der Waals surface area contributed by atoms with Crippen LogP contribution in [0.5, 0.6) is 5.75 Å². The Labute approximate surface area is 214 Å². The molecule has 0 radical (unpaired) electrons. The van der Waals surface area contributed by atoms with Gasteiger partial charge in [-0.05, 0) is 24.1 Å². The Kier molecular flexibility index (Phi) is 12.0. The predicted molar refractivity (Wildman–Crippen MR) is 128 cm³/mol. The highest BCUT2D eigenvalue weighted by molar-refractivity contribution is 5.97. The molecule has 3 unspecified atom stereocenters. The number of aldehydes is 1. The molecule has 12 heteroatoms. The van der Waals surface area contributed by atoms with Gasteiger partial charge in [0.2, 0.25) is 12.2 Å². The Balaban J connectivity index is 2.09. The van der Waals surface area contributed by atoms with E-state index in [2.05, 4.69) is 10.6 Å². The minimum absolute atomic E-state index is 0.00866. The number of aliphatic hydroxyl groups is 1. The van der Waals surface area contributed by atoms with E-state index in [1.165, 1.54) is 12.1 Å². The second-order valence-electron chi connectivity index (χ2n) is 8.89. The van der Waals surface area contributed by atoms with Crippen LogP contribution >= 0.6 is 0 Å². The fraction of sp³-hybridized carbons (Fsp3) is 0.560. The number of esters is 1. The predicted octanol–water partition coefficient (Wildman–Crippen LogP) is 0.930. The fourth-order valence-electron chi connectivity index (χ4n) is 3.41. The van der Waals surface area contributed by atoms with Crippen molar-refractivity contribution in [3.8, 4) is 5.75 Å². The van der Waals surface area contributed by atoms with Gasteiger partial charge in [-0.3, -0.25) is 14.4 Å². The van der Waals surface area contributed by atoms with Crippen LogP contribution in [-0.2, 0) is 35.3 Å². The number of carboxylic acid groups (broad SMARTS) is 1. The molecule has 4 N–H and O–H groups in total. The van der Waals surface area contributed by atoms with Gasteiger partial charge in [0.25, 0.3) is 5.91 Å². The Morgan fingerprint density at radius 1 is 1.16 bits per heavy atom. The number of benzene rings is 1. The van der Waals surface area contributed by atoms with Gasteiger partial charge < -0.3 is 39.9 Å². The smallest absolute Gasteiger partial charge is 0.333 e. The molecule has 1 fully saturated rings. The molecule has 204 valence electrons. The van der Waals surface area contributed by atoms with Crippen molar-refractivity contribution in [2.24, 2.45) is 5.92 Å². The monoisotopic (exact) mass is 522 g/mol. The Hall–Kier alpha value is -3.51. The summed E-state index contributed by atoms with van der Waals surface area (Å²) in [4.78, 5) is 58.2. The number of carbonyl (C=O) groups is 5. The second-order valence-corrected chi connectivity index (χ2v) is 8.89. The third-order valence-electron chi connectivity index (χ3n) is 5.40. The van der Waals surface area contributed by atoms with Gasteiger partial charge in [-0.15, -0.1) is 0 Å². The maximum Gasteiger partial charge on any atom is 0.333 e. The van der Waals surface area contributed by atoms with E-state index in [-0.39, 0.29) is 62.1 Å². The van der Waals surface area contributed by atoms with Gasteiger partial charge >= 0.3 is 11.9 Å². The molecule has 1 aliphatic heterocycles. The zero-order valence-electron chi connectivity index (χ0n) is 20.9. The van der Waals surface area contributed by atoms with Crippen molar-refractivity contribution in [3.63, 3.8) is 0 Å². The zero-order chi connectivity index (χ0) is 27.4. The van der Waals surface area contributed by atoms with E-state index in [4.69, 9.17) is 14.2 Å². The fourth-order valence-corrected chi connectivity index (χ4v) is 3.41. The number of carbonyl (C=O) groups excluding carboxylic acids is 4. The lowest BCUT2D eigenvalue weighted by Gasteiger charge is -2.31. The van der Waals surface area contributed by atoms with Crippen molar-refractivity contribution < 1.29 is 48.4 Å². The van der Waals surface area contributed by atoms with Gasteiger partial charge in [0.05, 0.1) is 17.6 Å². The van der Waals surface area contributed by atoms with Crippen molar-refractivity contribution in [1.29, 1.82) is 0 Å². The van der Waals surface area contributed by atoms with E-state index in [0.717, 1.165) is 6.29 Å². The number of ether oxygens (including phenoxy) is 3. The van der Waals surface area contributed by atoms with Gasteiger partial charge in [-0.25, -0.2) is 4.79 Å². The Morgan fingerprint density at radius 2 is 1.89 bits per heavy atom. The number of carboxylic acids is 1. The first-order valence-corrected chi connectivity index (χ1v) is 12.1. The van der Waals surface area contributed by atoms with Crippen LogP contribution in [0, 0.1) is 5.92 Å². The molecule has 0 spiro atoms. The van der Waals surface area contributed by atoms with Crippen molar-refractivity contribution in [2.45, 2.75) is 71.1 Å². The van der Waals surface area contributed by atoms with E-state index in [9.17, 15) is 34.2 Å². The maximum absolute atomic E-state index is 13.0. The first-order chi connectivity index (χ1) is 17.6. The highest BCUT2D eigenvalue weighted by Crippen LogP contribution is 2.27. The average molecular weight is 523 g/mol. The van der Waals surface area contributed by atoms with E-state index < -0.39 is 36.3 Å². The number of rotatable bonds is 14. The van der Waals surface area contributed by atoms with Gasteiger partial charge in [0.15, 0.2) is 6.10 Å². The highest BCUT2D eigenvalue weighted by Gasteiger charge is 2.34. The summed E-state index contributed by atoms with van der Waals surface area (Å²) >= 11 is 0. The largest absolute Gasteiger partial charge is 0.479 e. The number of hydrogen-bond acceptors (Lipinski definition) is 9. The van der Waals surface area contributed by atoms with E-state index >= 15 is 0 Å². The number of nitrogens with one attached hydrogen (secondary N) is 2. The summed E-state index contributed by atoms with van der Waals surface area (Å²) in [6.45, 7) is 3.58. The lowest BCUT2D eigenvalue weighted by Crippen LogP contribution is -2.42. The standard InChI is InChI=1S/C25H34N2O10/c1-15(2)25(34)35-14-16-6-7-19(36-22-13-17(29)12-20(37-22)24(32)33)18(11-16)23(31)27-9-8-26-21(30)5-3-4-10-28/h6-7,10-11,15,17,20,22,29H,3-5,8-9,12-14H2,1-2H3,(H,26,30)(H,27,31)(H,32,33). The molecule has 1 aromatic carbocycles. The summed E-state index contributed by atoms with van der Waals surface area (Å²) in [5, 5.41) is 24.6. The normalized spacial score (nSPS) is 19.1. The summed E-state index contributed by atoms with van der Waals surface area (Å²) in [7, 11) is 0. The molecule has 0 aromatic heterocycles. The molecule has 0 saturated carbocycles. The zero-order valence-corrected chi connectivity index (χ0v) is 20.9. The van der Waals surface area contributed by atoms with Crippen LogP contribution in [0.15, 0.2) is 18.2 Å². The van der Waals surface area contributed by atoms with Gasteiger partial charge in [-0.2, -0.15) is 0 Å². The minimum Gasteiger partial charge on any atom is -0.479 e. The minimum atomic E-state index is -1.25. The first-order valence-electron chi connectivity index (χ1n) is 12.1. The lowest BCUT2D eigenvalue weighted by atomic mass is 10.0. The Morgan fingerprint density at radius 3 is 2.57 bits per heavy atom. The quantitative estimate of drug-likeness (QED) is 0.156. The number of aliphatic carboxylic acids is 1. The summed E-state index contributed by atoms with van der Waals surface area (Å²) in [6.07, 6.45) is -1.71. The third kappa shape index (κ3) is 10.2. The van der Waals surface area contributed by atoms with Crippen LogP contribution in [0.2, 0.25) is 0 Å². The van der Waals surface area contributed by atoms with Crippen LogP contribution in [0.1, 0.15) is 61.9 Å². The summed E-state index contributed by atoms with van der Waals surface area (Å²) in [5.41, 5.74) is 0.592. The summed E-state index contributed by atoms with van der Waals surface area (Å²) < 4.78 is 16.4. The number of hydrogen-bond donors (Lipinski definition) is 4. The molecule has 3 atom stereocenters. The van der Waals surface area contributed by atoms with Crippen molar-refractivity contribution in [1.82, 2.24) is 10.6 Å². The first kappa shape index (κ1) is 29.7. The maximum atomic E-state index is 13.0. The molecule has 1 aliphatic rings. The van der Waals surface area contributed by atoms with Crippen LogP contribution in [0.3, 0.4) is 0 Å². The Bertz CT molecular complexity index is 965. The molecule has 1 aromatic rings. The van der Waals surface area contributed by atoms with Crippen LogP contribution in [-0.4, -0.2) is 71.8 Å². The summed E-state index contributed by atoms with van der Waals surface area (Å²) in [6, 6.07) is 4.54. The van der Waals surface area contributed by atoms with E-state index in [1.54, 1.807) is 19.9 Å². The van der Waals surface area contributed by atoms with Gasteiger partial charge in [0, 0.05) is 38.8 Å². The van der Waals surface area contributed by atoms with Gasteiger partial charge in [-0.1, -0.05) is 19.9 Å². The SMILES string of the molecule is CC(C)C(=O)OCc1ccc(OC2CC(O)CC(C(=O)O)O2)c(C(=O)NCCNC(=O)CCCC=O)c1. The molecule has 1 saturated heterocycles. The summed E-state index contributed by atoms with van der Waals surface area (Å²) in [5.74, 6) is -2.67. The molecule has 2 amide bonds. The third-order valence-corrected chi connectivity index (χ3v) is 5.40. The van der Waals surface area contributed by atoms with Crippen LogP contribution in [0.25, 0.3) is 0 Å². The van der Waals surface area contributed by atoms with Crippen molar-refractivity contribution in [2.75, 3.05) is 13.1 Å². The number of amides is 2. The second kappa shape index (κ2) is 14.9. The molecule has 37 heavy (non-hydrogen) atoms. The lowest BCUT2D eigenvalue weighted by molar-refractivity contribution is -0.195. The topological polar surface area (TPSA) is 178 Å². The van der Waals surface area contributed by atoms with E-state index in [0.29, 0.717) is 18.4 Å². The van der Waals surface area contributed by atoms with E-state index in [1.807, 2.05) is 0 Å². The average Bonchev–Trinajstić information content (AvgIpc) is 2.85.